The Balaban J connectivity index is 0. The van der Waals surface area contributed by atoms with Gasteiger partial charge in [-0.2, -0.15) is 0 Å². The van der Waals surface area contributed by atoms with Gasteiger partial charge in [-0.1, -0.05) is 0 Å². The van der Waals surface area contributed by atoms with Crippen LogP contribution in [0.5, 0.6) is 0 Å². The second kappa shape index (κ2) is 11.1. The van der Waals surface area contributed by atoms with Gasteiger partial charge in [0.1, 0.15) is 6.54 Å². The smallest absolute Gasteiger partial charge is 0.407 e. The summed E-state index contributed by atoms with van der Waals surface area (Å²) in [5.74, 6) is -0.474. The normalized spacial score (nSPS) is 7.29. The first-order valence-corrected chi connectivity index (χ1v) is 3.63. The van der Waals surface area contributed by atoms with Crippen molar-refractivity contribution in [2.75, 3.05) is 20.3 Å². The number of rotatable bonds is 3. The molecular formula is C7H12N2O5. The fourth-order valence-electron chi connectivity index (χ4n) is 0.429. The molecule has 0 aromatic heterocycles. The predicted molar refractivity (Wildman–Crippen MR) is 45.5 cm³/mol. The SMILES string of the molecule is CCOC(=O)CNC(=O)OC.N=C=O. The third kappa shape index (κ3) is 12.8. The van der Waals surface area contributed by atoms with Crippen LogP contribution in [0.4, 0.5) is 4.79 Å². The van der Waals surface area contributed by atoms with Gasteiger partial charge in [0.2, 0.25) is 6.08 Å². The van der Waals surface area contributed by atoms with Gasteiger partial charge in [-0.25, -0.2) is 15.0 Å². The van der Waals surface area contributed by atoms with Crippen molar-refractivity contribution in [2.45, 2.75) is 6.92 Å². The number of hydrogen-bond donors (Lipinski definition) is 2. The van der Waals surface area contributed by atoms with E-state index in [4.69, 9.17) is 10.2 Å². The molecule has 0 saturated heterocycles. The Morgan fingerprint density at radius 1 is 1.50 bits per heavy atom. The average Bonchev–Trinajstić information content (AvgIpc) is 2.16. The zero-order chi connectivity index (χ0) is 11.4. The van der Waals surface area contributed by atoms with Crippen LogP contribution in [0.25, 0.3) is 0 Å². The Bertz CT molecular complexity index is 210. The number of alkyl carbamates (subject to hydrolysis) is 1. The van der Waals surface area contributed by atoms with Gasteiger partial charge >= 0.3 is 12.1 Å². The highest BCUT2D eigenvalue weighted by molar-refractivity contribution is 5.77. The van der Waals surface area contributed by atoms with Crippen LogP contribution in [0.2, 0.25) is 0 Å². The largest absolute Gasteiger partial charge is 0.465 e. The van der Waals surface area contributed by atoms with E-state index in [1.165, 1.54) is 7.11 Å². The standard InChI is InChI=1S/C6H11NO4.CHNO/c1-3-11-5(8)4-7-6(9)10-2;2-1-3/h3-4H2,1-2H3,(H,7,9);2H. The molecule has 0 rings (SSSR count). The van der Waals surface area contributed by atoms with E-state index < -0.39 is 12.1 Å². The zero-order valence-corrected chi connectivity index (χ0v) is 7.96. The van der Waals surface area contributed by atoms with E-state index >= 15 is 0 Å². The molecule has 0 aliphatic heterocycles. The molecule has 14 heavy (non-hydrogen) atoms. The minimum absolute atomic E-state index is 0.152. The molecule has 0 saturated carbocycles. The fourth-order valence-corrected chi connectivity index (χ4v) is 0.429. The Hall–Kier alpha value is -1.88. The van der Waals surface area contributed by atoms with E-state index in [1.807, 2.05) is 0 Å². The van der Waals surface area contributed by atoms with Crippen LogP contribution >= 0.6 is 0 Å². The van der Waals surface area contributed by atoms with Crippen LogP contribution in [0.1, 0.15) is 6.92 Å². The zero-order valence-electron chi connectivity index (χ0n) is 7.96. The summed E-state index contributed by atoms with van der Waals surface area (Å²) in [5, 5.41) is 7.58. The van der Waals surface area contributed by atoms with Gasteiger partial charge in [0.15, 0.2) is 0 Å². The van der Waals surface area contributed by atoms with Crippen molar-refractivity contribution in [1.82, 2.24) is 5.32 Å². The summed E-state index contributed by atoms with van der Waals surface area (Å²) in [6, 6.07) is 0. The molecule has 0 radical (unpaired) electrons. The summed E-state index contributed by atoms with van der Waals surface area (Å²) < 4.78 is 8.75. The molecule has 1 amide bonds. The number of hydrogen-bond acceptors (Lipinski definition) is 6. The molecule has 0 aromatic carbocycles. The first kappa shape index (κ1) is 14.6. The maximum absolute atomic E-state index is 10.6. The van der Waals surface area contributed by atoms with Gasteiger partial charge in [-0.3, -0.25) is 4.79 Å². The molecule has 2 N–H and O–H groups in total. The molecule has 80 valence electrons. The summed E-state index contributed by atoms with van der Waals surface area (Å²) in [5.41, 5.74) is 0. The molecule has 0 spiro atoms. The number of amides is 1. The Morgan fingerprint density at radius 3 is 2.36 bits per heavy atom. The molecule has 0 bridgehead atoms. The van der Waals surface area contributed by atoms with Gasteiger partial charge in [-0.05, 0) is 6.92 Å². The van der Waals surface area contributed by atoms with Crippen LogP contribution in [-0.4, -0.2) is 38.4 Å². The second-order valence-corrected chi connectivity index (χ2v) is 1.75. The van der Waals surface area contributed by atoms with Crippen molar-refractivity contribution in [2.24, 2.45) is 0 Å². The number of carbonyl (C=O) groups excluding carboxylic acids is 3. The van der Waals surface area contributed by atoms with Crippen LogP contribution in [0.15, 0.2) is 0 Å². The van der Waals surface area contributed by atoms with Gasteiger partial charge in [0.05, 0.1) is 13.7 Å². The van der Waals surface area contributed by atoms with Crippen molar-refractivity contribution in [1.29, 1.82) is 5.41 Å². The van der Waals surface area contributed by atoms with Crippen molar-refractivity contribution < 1.29 is 23.9 Å². The maximum atomic E-state index is 10.6. The number of ether oxygens (including phenoxy) is 2. The van der Waals surface area contributed by atoms with Crippen molar-refractivity contribution in [3.8, 4) is 0 Å². The molecule has 0 heterocycles. The third-order valence-electron chi connectivity index (χ3n) is 0.868. The summed E-state index contributed by atoms with van der Waals surface area (Å²) in [4.78, 5) is 29.3. The van der Waals surface area contributed by atoms with Gasteiger partial charge < -0.3 is 14.8 Å². The lowest BCUT2D eigenvalue weighted by Gasteiger charge is -2.02. The average molecular weight is 204 g/mol. The summed E-state index contributed by atoms with van der Waals surface area (Å²) in [6.07, 6.45) is 0.109. The third-order valence-corrected chi connectivity index (χ3v) is 0.868. The van der Waals surface area contributed by atoms with E-state index in [2.05, 4.69) is 14.8 Å². The maximum Gasteiger partial charge on any atom is 0.407 e. The van der Waals surface area contributed by atoms with Gasteiger partial charge in [0, 0.05) is 0 Å². The number of carbonyl (C=O) groups is 2. The van der Waals surface area contributed by atoms with Crippen LogP contribution in [0.3, 0.4) is 0 Å². The minimum atomic E-state index is -0.641. The lowest BCUT2D eigenvalue weighted by molar-refractivity contribution is -0.141. The first-order valence-electron chi connectivity index (χ1n) is 3.63. The molecule has 0 aromatic rings. The van der Waals surface area contributed by atoms with E-state index in [1.54, 1.807) is 6.92 Å². The topological polar surface area (TPSA) is 106 Å². The molecule has 0 fully saturated rings. The fraction of sp³-hybridized carbons (Fsp3) is 0.571. The number of nitrogens with one attached hydrogen (secondary N) is 2. The van der Waals surface area contributed by atoms with Gasteiger partial charge in [0.25, 0.3) is 0 Å². The van der Waals surface area contributed by atoms with E-state index in [0.29, 0.717) is 6.61 Å². The predicted octanol–water partition coefficient (Wildman–Crippen LogP) is -0.194. The van der Waals surface area contributed by atoms with Crippen LogP contribution in [0, 0.1) is 5.41 Å². The summed E-state index contributed by atoms with van der Waals surface area (Å²) in [7, 11) is 1.22. The number of isocyanates is 1. The molecule has 7 nitrogen and oxygen atoms in total. The molecule has 0 aliphatic rings. The quantitative estimate of drug-likeness (QED) is 0.376. The Labute approximate surface area is 80.9 Å². The number of methoxy groups -OCH3 is 1. The lowest BCUT2D eigenvalue weighted by atomic mass is 10.6. The monoisotopic (exact) mass is 204 g/mol. The molecule has 7 heteroatoms. The highest BCUT2D eigenvalue weighted by Crippen LogP contribution is 1.76. The van der Waals surface area contributed by atoms with Gasteiger partial charge in [-0.15, -0.1) is 0 Å². The van der Waals surface area contributed by atoms with Crippen LogP contribution < -0.4 is 5.32 Å². The van der Waals surface area contributed by atoms with Crippen molar-refractivity contribution >= 4 is 18.1 Å². The molecule has 0 aliphatic carbocycles. The van der Waals surface area contributed by atoms with E-state index in [9.17, 15) is 9.59 Å². The van der Waals surface area contributed by atoms with Crippen molar-refractivity contribution in [3.05, 3.63) is 0 Å². The van der Waals surface area contributed by atoms with Crippen LogP contribution in [-0.2, 0) is 19.1 Å². The highest BCUT2D eigenvalue weighted by Gasteiger charge is 2.03. The minimum Gasteiger partial charge on any atom is -0.465 e. The molecular weight excluding hydrogens is 192 g/mol. The Kier molecular flexibility index (Phi) is 11.6. The van der Waals surface area contributed by atoms with E-state index in [0.717, 1.165) is 6.08 Å². The molecule has 0 atom stereocenters. The van der Waals surface area contributed by atoms with E-state index in [-0.39, 0.29) is 6.54 Å². The first-order chi connectivity index (χ1) is 6.62. The van der Waals surface area contributed by atoms with Crippen molar-refractivity contribution in [3.63, 3.8) is 0 Å². The highest BCUT2D eigenvalue weighted by atomic mass is 16.5. The Morgan fingerprint density at radius 2 is 2.00 bits per heavy atom. The second-order valence-electron chi connectivity index (χ2n) is 1.75. The summed E-state index contributed by atoms with van der Waals surface area (Å²) >= 11 is 0. The molecule has 0 unspecified atom stereocenters. The number of esters is 1. The lowest BCUT2D eigenvalue weighted by Crippen LogP contribution is -2.30. The summed E-state index contributed by atoms with van der Waals surface area (Å²) in [6.45, 7) is 1.85.